The van der Waals surface area contributed by atoms with Gasteiger partial charge in [0.15, 0.2) is 0 Å². The van der Waals surface area contributed by atoms with Gasteiger partial charge in [-0.05, 0) is 51.4 Å². The van der Waals surface area contributed by atoms with E-state index in [0.29, 0.717) is 25.9 Å². The normalized spacial score (nSPS) is 12.5. The van der Waals surface area contributed by atoms with E-state index in [2.05, 4.69) is 31.3 Å². The number of carbonyl (C=O) groups is 2. The number of allylic oxidation sites excluding steroid dienone is 2. The molecule has 2 unspecified atom stereocenters. The molecule has 0 saturated carbocycles. The Bertz CT molecular complexity index is 1130. The quantitative estimate of drug-likeness (QED) is 0.0320. The van der Waals surface area contributed by atoms with E-state index in [1.165, 1.54) is 308 Å². The van der Waals surface area contributed by atoms with Crippen LogP contribution in [0, 0.1) is 0 Å². The molecule has 0 aromatic carbocycles. The Morgan fingerprint density at radius 3 is 0.947 bits per heavy atom. The highest BCUT2D eigenvalue weighted by Crippen LogP contribution is 2.19. The lowest BCUT2D eigenvalue weighted by molar-refractivity contribution is -0.143. The number of rotatable bonds is 65. The highest BCUT2D eigenvalue weighted by molar-refractivity contribution is 5.76. The van der Waals surface area contributed by atoms with Crippen molar-refractivity contribution in [3.63, 3.8) is 0 Å². The molecular formula is C69H135NO5. The van der Waals surface area contributed by atoms with Crippen LogP contribution in [0.1, 0.15) is 393 Å². The molecule has 0 aliphatic rings. The maximum Gasteiger partial charge on any atom is 0.305 e. The lowest BCUT2D eigenvalue weighted by Crippen LogP contribution is -2.45. The Kier molecular flexibility index (Phi) is 63.9. The molecule has 0 aromatic heterocycles. The zero-order chi connectivity index (χ0) is 54.3. The van der Waals surface area contributed by atoms with Gasteiger partial charge in [0, 0.05) is 12.8 Å². The predicted octanol–water partition coefficient (Wildman–Crippen LogP) is 22.0. The van der Waals surface area contributed by atoms with Gasteiger partial charge in [-0.1, -0.05) is 341 Å². The average molecular weight is 1060 g/mol. The van der Waals surface area contributed by atoms with E-state index in [1.807, 2.05) is 0 Å². The Hall–Kier alpha value is -1.40. The minimum atomic E-state index is -0.674. The minimum Gasteiger partial charge on any atom is -0.466 e. The van der Waals surface area contributed by atoms with E-state index in [9.17, 15) is 19.8 Å². The summed E-state index contributed by atoms with van der Waals surface area (Å²) >= 11 is 0. The van der Waals surface area contributed by atoms with Crippen LogP contribution in [0.15, 0.2) is 12.2 Å². The van der Waals surface area contributed by atoms with E-state index >= 15 is 0 Å². The highest BCUT2D eigenvalue weighted by Gasteiger charge is 2.20. The van der Waals surface area contributed by atoms with E-state index in [-0.39, 0.29) is 18.5 Å². The molecule has 6 heteroatoms. The molecular weight excluding hydrogens is 923 g/mol. The van der Waals surface area contributed by atoms with E-state index in [4.69, 9.17) is 4.74 Å². The molecule has 0 aromatic rings. The summed E-state index contributed by atoms with van der Waals surface area (Å²) in [5.74, 6) is -0.0369. The van der Waals surface area contributed by atoms with Gasteiger partial charge in [-0.15, -0.1) is 0 Å². The summed E-state index contributed by atoms with van der Waals surface area (Å²) < 4.78 is 5.49. The van der Waals surface area contributed by atoms with Gasteiger partial charge in [-0.3, -0.25) is 9.59 Å². The fraction of sp³-hybridized carbons (Fsp3) is 0.942. The molecule has 0 radical (unpaired) electrons. The maximum absolute atomic E-state index is 12.5. The van der Waals surface area contributed by atoms with Crippen molar-refractivity contribution < 1.29 is 24.5 Å². The molecule has 0 aliphatic heterocycles. The van der Waals surface area contributed by atoms with Crippen molar-refractivity contribution in [2.45, 2.75) is 405 Å². The number of aliphatic hydroxyl groups is 2. The van der Waals surface area contributed by atoms with Crippen LogP contribution in [0.5, 0.6) is 0 Å². The number of esters is 1. The average Bonchev–Trinajstić information content (AvgIpc) is 3.41. The minimum absolute atomic E-state index is 0.00726. The first-order chi connectivity index (χ1) is 37.0. The van der Waals surface area contributed by atoms with Crippen LogP contribution in [0.2, 0.25) is 0 Å². The number of aliphatic hydroxyl groups excluding tert-OH is 2. The van der Waals surface area contributed by atoms with Crippen molar-refractivity contribution in [3.8, 4) is 0 Å². The lowest BCUT2D eigenvalue weighted by atomic mass is 10.0. The Morgan fingerprint density at radius 2 is 0.627 bits per heavy atom. The summed E-state index contributed by atoms with van der Waals surface area (Å²) in [5, 5.41) is 23.4. The smallest absolute Gasteiger partial charge is 0.305 e. The topological polar surface area (TPSA) is 95.9 Å². The second-order valence-corrected chi connectivity index (χ2v) is 23.9. The van der Waals surface area contributed by atoms with Crippen molar-refractivity contribution in [2.24, 2.45) is 0 Å². The van der Waals surface area contributed by atoms with Crippen LogP contribution in [0.25, 0.3) is 0 Å². The largest absolute Gasteiger partial charge is 0.466 e. The fourth-order valence-electron chi connectivity index (χ4n) is 11.1. The van der Waals surface area contributed by atoms with E-state index in [0.717, 1.165) is 51.4 Å². The number of unbranched alkanes of at least 4 members (excludes halogenated alkanes) is 52. The van der Waals surface area contributed by atoms with Gasteiger partial charge in [-0.25, -0.2) is 0 Å². The molecule has 0 spiro atoms. The molecule has 2 atom stereocenters. The Balaban J connectivity index is 3.42. The summed E-state index contributed by atoms with van der Waals surface area (Å²) in [6, 6.07) is -0.552. The van der Waals surface area contributed by atoms with Crippen molar-refractivity contribution in [1.29, 1.82) is 0 Å². The first-order valence-corrected chi connectivity index (χ1v) is 34.4. The zero-order valence-corrected chi connectivity index (χ0v) is 51.1. The first-order valence-electron chi connectivity index (χ1n) is 34.4. The molecule has 0 rings (SSSR count). The molecule has 0 heterocycles. The molecule has 75 heavy (non-hydrogen) atoms. The summed E-state index contributed by atoms with van der Waals surface area (Å²) in [7, 11) is 0. The molecule has 3 N–H and O–H groups in total. The predicted molar refractivity (Wildman–Crippen MR) is 329 cm³/mol. The third-order valence-electron chi connectivity index (χ3n) is 16.3. The van der Waals surface area contributed by atoms with Crippen LogP contribution >= 0.6 is 0 Å². The Labute approximate surface area is 469 Å². The van der Waals surface area contributed by atoms with Gasteiger partial charge in [0.1, 0.15) is 0 Å². The first kappa shape index (κ1) is 73.6. The molecule has 0 bridgehead atoms. The van der Waals surface area contributed by atoms with Gasteiger partial charge in [0.2, 0.25) is 5.91 Å². The number of amides is 1. The molecule has 0 saturated heterocycles. The third kappa shape index (κ3) is 61.7. The van der Waals surface area contributed by atoms with Gasteiger partial charge >= 0.3 is 5.97 Å². The summed E-state index contributed by atoms with van der Waals surface area (Å²) in [5.41, 5.74) is 0. The van der Waals surface area contributed by atoms with Crippen LogP contribution in [-0.2, 0) is 14.3 Å². The number of hydrogen-bond acceptors (Lipinski definition) is 5. The maximum atomic E-state index is 12.5. The summed E-state index contributed by atoms with van der Waals surface area (Å²) in [6.07, 6.45) is 79.6. The van der Waals surface area contributed by atoms with Crippen molar-refractivity contribution in [1.82, 2.24) is 5.32 Å². The standard InChI is InChI=1S/C69H135NO5/c1-3-5-7-9-11-13-15-17-19-20-21-22-23-24-25-26-27-30-34-37-41-45-49-53-57-61-67(72)66(65-71)70-68(73)62-58-54-50-46-42-38-35-31-28-29-32-36-40-44-48-52-56-60-64-75-69(74)63-59-55-51-47-43-39-33-18-16-14-12-10-8-6-4-2/h31,35,66-67,71-72H,3-30,32-34,36-65H2,1-2H3,(H,70,73)/b35-31-. The van der Waals surface area contributed by atoms with Crippen molar-refractivity contribution in [2.75, 3.05) is 13.2 Å². The molecule has 6 nitrogen and oxygen atoms in total. The van der Waals surface area contributed by atoms with Crippen molar-refractivity contribution >= 4 is 11.9 Å². The molecule has 0 fully saturated rings. The SMILES string of the molecule is CCCCCCCCCCCCCCCCCCCCCCCCCCCC(O)C(CO)NC(=O)CCCCCCC/C=C\CCCCCCCCCCCOC(=O)CCCCCCCCCCCCCCCCC. The molecule has 1 amide bonds. The van der Waals surface area contributed by atoms with Crippen LogP contribution < -0.4 is 5.32 Å². The van der Waals surface area contributed by atoms with Crippen molar-refractivity contribution in [3.05, 3.63) is 12.2 Å². The van der Waals surface area contributed by atoms with Gasteiger partial charge in [0.05, 0.1) is 25.4 Å². The van der Waals surface area contributed by atoms with Gasteiger partial charge in [0.25, 0.3) is 0 Å². The monoisotopic (exact) mass is 1060 g/mol. The second-order valence-electron chi connectivity index (χ2n) is 23.9. The van der Waals surface area contributed by atoms with Gasteiger partial charge in [-0.2, -0.15) is 0 Å². The zero-order valence-electron chi connectivity index (χ0n) is 51.1. The fourth-order valence-corrected chi connectivity index (χ4v) is 11.1. The van der Waals surface area contributed by atoms with E-state index in [1.54, 1.807) is 0 Å². The molecule has 446 valence electrons. The van der Waals surface area contributed by atoms with Gasteiger partial charge < -0.3 is 20.3 Å². The van der Waals surface area contributed by atoms with Crippen LogP contribution in [0.3, 0.4) is 0 Å². The van der Waals surface area contributed by atoms with Crippen LogP contribution in [0.4, 0.5) is 0 Å². The lowest BCUT2D eigenvalue weighted by Gasteiger charge is -2.22. The summed E-state index contributed by atoms with van der Waals surface area (Å²) in [4.78, 5) is 24.6. The van der Waals surface area contributed by atoms with E-state index < -0.39 is 12.1 Å². The van der Waals surface area contributed by atoms with Crippen LogP contribution in [-0.4, -0.2) is 47.4 Å². The number of carbonyl (C=O) groups excluding carboxylic acids is 2. The number of ether oxygens (including phenoxy) is 1. The summed E-state index contributed by atoms with van der Waals surface area (Å²) in [6.45, 7) is 4.98. The number of hydrogen-bond donors (Lipinski definition) is 3. The number of nitrogens with one attached hydrogen (secondary N) is 1. The molecule has 0 aliphatic carbocycles. The Morgan fingerprint density at radius 1 is 0.360 bits per heavy atom. The second kappa shape index (κ2) is 65.1. The highest BCUT2D eigenvalue weighted by atomic mass is 16.5. The third-order valence-corrected chi connectivity index (χ3v) is 16.3.